The third-order valence-electron chi connectivity index (χ3n) is 2.57. The molecule has 0 aliphatic carbocycles. The largest absolute Gasteiger partial charge is 0.486 e. The minimum Gasteiger partial charge on any atom is -0.486 e. The Labute approximate surface area is 99.8 Å². The van der Waals surface area contributed by atoms with Gasteiger partial charge in [0, 0.05) is 5.69 Å². The van der Waals surface area contributed by atoms with E-state index in [-0.39, 0.29) is 11.6 Å². The van der Waals surface area contributed by atoms with Crippen molar-refractivity contribution in [2.75, 3.05) is 5.73 Å². The van der Waals surface area contributed by atoms with Crippen molar-refractivity contribution in [2.45, 2.75) is 13.5 Å². The monoisotopic (exact) mass is 231 g/mol. The maximum absolute atomic E-state index is 13.3. The molecule has 0 spiro atoms. The molecule has 0 radical (unpaired) electrons. The number of rotatable bonds is 3. The second-order valence-electron chi connectivity index (χ2n) is 3.91. The lowest BCUT2D eigenvalue weighted by Gasteiger charge is -2.08. The summed E-state index contributed by atoms with van der Waals surface area (Å²) < 4.78 is 18.7. The summed E-state index contributed by atoms with van der Waals surface area (Å²) in [6.07, 6.45) is 0. The number of para-hydroxylation sites is 1. The molecule has 17 heavy (non-hydrogen) atoms. The summed E-state index contributed by atoms with van der Waals surface area (Å²) in [5.41, 5.74) is 8.44. The fourth-order valence-electron chi connectivity index (χ4n) is 1.55. The number of halogens is 1. The fourth-order valence-corrected chi connectivity index (χ4v) is 1.55. The lowest BCUT2D eigenvalue weighted by atomic mass is 10.1. The van der Waals surface area contributed by atoms with E-state index in [1.54, 1.807) is 18.2 Å². The maximum atomic E-state index is 13.3. The number of nitrogen functional groups attached to an aromatic ring is 1. The molecule has 0 heterocycles. The maximum Gasteiger partial charge on any atom is 0.165 e. The van der Waals surface area contributed by atoms with Gasteiger partial charge in [0.05, 0.1) is 0 Å². The first kappa shape index (κ1) is 11.5. The molecule has 0 amide bonds. The van der Waals surface area contributed by atoms with Crippen molar-refractivity contribution >= 4 is 5.69 Å². The molecule has 0 saturated heterocycles. The highest BCUT2D eigenvalue weighted by Gasteiger charge is 2.02. The zero-order valence-corrected chi connectivity index (χ0v) is 9.61. The van der Waals surface area contributed by atoms with Gasteiger partial charge in [-0.1, -0.05) is 24.3 Å². The third-order valence-corrected chi connectivity index (χ3v) is 2.57. The van der Waals surface area contributed by atoms with Crippen LogP contribution in [-0.2, 0) is 6.61 Å². The van der Waals surface area contributed by atoms with Crippen LogP contribution in [0.25, 0.3) is 0 Å². The number of hydrogen-bond acceptors (Lipinski definition) is 2. The molecule has 2 aromatic rings. The van der Waals surface area contributed by atoms with E-state index in [4.69, 9.17) is 10.5 Å². The average Bonchev–Trinajstić information content (AvgIpc) is 2.32. The molecule has 88 valence electrons. The minimum atomic E-state index is -0.348. The normalized spacial score (nSPS) is 10.2. The van der Waals surface area contributed by atoms with Crippen molar-refractivity contribution in [1.82, 2.24) is 0 Å². The van der Waals surface area contributed by atoms with Crippen LogP contribution in [0.2, 0.25) is 0 Å². The number of aryl methyl sites for hydroxylation is 1. The molecule has 0 bridgehead atoms. The van der Waals surface area contributed by atoms with E-state index in [1.165, 1.54) is 6.07 Å². The van der Waals surface area contributed by atoms with Crippen molar-refractivity contribution in [1.29, 1.82) is 0 Å². The van der Waals surface area contributed by atoms with Crippen LogP contribution in [0.15, 0.2) is 42.5 Å². The van der Waals surface area contributed by atoms with Crippen molar-refractivity contribution in [3.8, 4) is 5.75 Å². The topological polar surface area (TPSA) is 35.2 Å². The van der Waals surface area contributed by atoms with Gasteiger partial charge >= 0.3 is 0 Å². The molecule has 0 aromatic heterocycles. The first-order valence-corrected chi connectivity index (χ1v) is 5.39. The zero-order valence-electron chi connectivity index (χ0n) is 9.61. The summed E-state index contributed by atoms with van der Waals surface area (Å²) in [6, 6.07) is 12.0. The summed E-state index contributed by atoms with van der Waals surface area (Å²) in [4.78, 5) is 0. The molecule has 2 nitrogen and oxygen atoms in total. The molecular formula is C14H14FNO. The van der Waals surface area contributed by atoms with E-state index in [9.17, 15) is 4.39 Å². The first-order chi connectivity index (χ1) is 8.16. The Balaban J connectivity index is 2.08. The van der Waals surface area contributed by atoms with E-state index in [0.717, 1.165) is 16.8 Å². The Bertz CT molecular complexity index is 525. The van der Waals surface area contributed by atoms with Gasteiger partial charge in [0.1, 0.15) is 6.61 Å². The summed E-state index contributed by atoms with van der Waals surface area (Å²) in [7, 11) is 0. The van der Waals surface area contributed by atoms with Crippen molar-refractivity contribution < 1.29 is 9.13 Å². The van der Waals surface area contributed by atoms with Crippen LogP contribution in [0.3, 0.4) is 0 Å². The van der Waals surface area contributed by atoms with Crippen LogP contribution in [0.5, 0.6) is 5.75 Å². The van der Waals surface area contributed by atoms with Crippen LogP contribution in [0.4, 0.5) is 10.1 Å². The molecule has 2 rings (SSSR count). The number of ether oxygens (including phenoxy) is 1. The van der Waals surface area contributed by atoms with E-state index in [2.05, 4.69) is 0 Å². The molecule has 0 fully saturated rings. The Hall–Kier alpha value is -2.03. The standard InChI is InChI=1S/C14H14FNO/c1-10-8-11(6-7-13(10)16)9-17-14-5-3-2-4-12(14)15/h2-8H,9,16H2,1H3. The molecule has 0 aliphatic rings. The van der Waals surface area contributed by atoms with E-state index in [0.29, 0.717) is 6.61 Å². The van der Waals surface area contributed by atoms with E-state index < -0.39 is 0 Å². The number of benzene rings is 2. The summed E-state index contributed by atoms with van der Waals surface area (Å²) in [5, 5.41) is 0. The van der Waals surface area contributed by atoms with Gasteiger partial charge in [-0.2, -0.15) is 0 Å². The van der Waals surface area contributed by atoms with Crippen molar-refractivity contribution in [2.24, 2.45) is 0 Å². The van der Waals surface area contributed by atoms with Crippen LogP contribution < -0.4 is 10.5 Å². The molecular weight excluding hydrogens is 217 g/mol. The van der Waals surface area contributed by atoms with E-state index in [1.807, 2.05) is 25.1 Å². The molecule has 2 N–H and O–H groups in total. The minimum absolute atomic E-state index is 0.266. The average molecular weight is 231 g/mol. The first-order valence-electron chi connectivity index (χ1n) is 5.39. The van der Waals surface area contributed by atoms with Gasteiger partial charge in [0.25, 0.3) is 0 Å². The molecule has 0 saturated carbocycles. The number of nitrogens with two attached hydrogens (primary N) is 1. The Morgan fingerprint density at radius 1 is 1.18 bits per heavy atom. The van der Waals surface area contributed by atoms with Gasteiger partial charge in [-0.15, -0.1) is 0 Å². The SMILES string of the molecule is Cc1cc(COc2ccccc2F)ccc1N. The van der Waals surface area contributed by atoms with Crippen LogP contribution >= 0.6 is 0 Å². The molecule has 3 heteroatoms. The summed E-state index contributed by atoms with van der Waals surface area (Å²) >= 11 is 0. The highest BCUT2D eigenvalue weighted by Crippen LogP contribution is 2.18. The lowest BCUT2D eigenvalue weighted by molar-refractivity contribution is 0.290. The Morgan fingerprint density at radius 2 is 1.94 bits per heavy atom. The van der Waals surface area contributed by atoms with Gasteiger partial charge in [-0.3, -0.25) is 0 Å². The summed E-state index contributed by atoms with van der Waals surface area (Å²) in [6.45, 7) is 2.27. The van der Waals surface area contributed by atoms with Crippen LogP contribution in [-0.4, -0.2) is 0 Å². The predicted molar refractivity (Wildman–Crippen MR) is 66.3 cm³/mol. The van der Waals surface area contributed by atoms with Gasteiger partial charge in [-0.25, -0.2) is 4.39 Å². The lowest BCUT2D eigenvalue weighted by Crippen LogP contribution is -1.99. The van der Waals surface area contributed by atoms with Gasteiger partial charge in [-0.05, 0) is 36.2 Å². The fraction of sp³-hybridized carbons (Fsp3) is 0.143. The number of anilines is 1. The van der Waals surface area contributed by atoms with Crippen LogP contribution in [0.1, 0.15) is 11.1 Å². The smallest absolute Gasteiger partial charge is 0.165 e. The molecule has 0 atom stereocenters. The zero-order chi connectivity index (χ0) is 12.3. The van der Waals surface area contributed by atoms with E-state index >= 15 is 0 Å². The Morgan fingerprint density at radius 3 is 2.65 bits per heavy atom. The number of hydrogen-bond donors (Lipinski definition) is 1. The van der Waals surface area contributed by atoms with Crippen molar-refractivity contribution in [3.05, 3.63) is 59.4 Å². The van der Waals surface area contributed by atoms with Crippen molar-refractivity contribution in [3.63, 3.8) is 0 Å². The highest BCUT2D eigenvalue weighted by atomic mass is 19.1. The van der Waals surface area contributed by atoms with Gasteiger partial charge in [0.15, 0.2) is 11.6 Å². The quantitative estimate of drug-likeness (QED) is 0.822. The van der Waals surface area contributed by atoms with Gasteiger partial charge < -0.3 is 10.5 Å². The van der Waals surface area contributed by atoms with Crippen LogP contribution in [0, 0.1) is 12.7 Å². The third kappa shape index (κ3) is 2.75. The second-order valence-corrected chi connectivity index (χ2v) is 3.91. The molecule has 0 unspecified atom stereocenters. The predicted octanol–water partition coefficient (Wildman–Crippen LogP) is 3.30. The summed E-state index contributed by atoms with van der Waals surface area (Å²) in [5.74, 6) is -0.0818. The Kier molecular flexibility index (Phi) is 3.28. The second kappa shape index (κ2) is 4.87. The molecule has 2 aromatic carbocycles. The molecule has 0 aliphatic heterocycles. The van der Waals surface area contributed by atoms with Gasteiger partial charge in [0.2, 0.25) is 0 Å². The highest BCUT2D eigenvalue weighted by molar-refractivity contribution is 5.47.